The number of pyridine rings is 1. The first-order valence-corrected chi connectivity index (χ1v) is 8.00. The number of nitrogens with zero attached hydrogens (tertiary/aromatic N) is 3. The molecule has 6 nitrogen and oxygen atoms in total. The quantitative estimate of drug-likeness (QED) is 0.788. The van der Waals surface area contributed by atoms with E-state index < -0.39 is 0 Å². The molecule has 0 saturated heterocycles. The molecule has 0 radical (unpaired) electrons. The van der Waals surface area contributed by atoms with Gasteiger partial charge in [-0.15, -0.1) is 0 Å². The summed E-state index contributed by atoms with van der Waals surface area (Å²) in [6.07, 6.45) is 1.65. The molecule has 1 heterocycles. The molecule has 0 bridgehead atoms. The summed E-state index contributed by atoms with van der Waals surface area (Å²) in [4.78, 5) is 30.3. The molecule has 0 atom stereocenters. The highest BCUT2D eigenvalue weighted by Gasteiger charge is 2.18. The van der Waals surface area contributed by atoms with Gasteiger partial charge in [0.25, 0.3) is 0 Å². The lowest BCUT2D eigenvalue weighted by molar-refractivity contribution is -0.120. The molecule has 0 aliphatic carbocycles. The van der Waals surface area contributed by atoms with Crippen LogP contribution in [0.25, 0.3) is 10.9 Å². The van der Waals surface area contributed by atoms with Gasteiger partial charge in [-0.05, 0) is 30.3 Å². The van der Waals surface area contributed by atoms with E-state index in [4.69, 9.17) is 5.26 Å². The number of hydrogen-bond acceptors (Lipinski definition) is 4. The third-order valence-electron chi connectivity index (χ3n) is 3.86. The predicted molar refractivity (Wildman–Crippen MR) is 99.6 cm³/mol. The Bertz CT molecular complexity index is 1020. The van der Waals surface area contributed by atoms with Gasteiger partial charge in [-0.2, -0.15) is 5.26 Å². The van der Waals surface area contributed by atoms with Crippen molar-refractivity contribution in [3.05, 3.63) is 66.4 Å². The van der Waals surface area contributed by atoms with Crippen LogP contribution < -0.4 is 10.2 Å². The number of amides is 2. The monoisotopic (exact) mass is 344 g/mol. The third-order valence-corrected chi connectivity index (χ3v) is 3.86. The summed E-state index contributed by atoms with van der Waals surface area (Å²) < 4.78 is 0. The molecule has 2 amide bonds. The van der Waals surface area contributed by atoms with Gasteiger partial charge in [0.05, 0.1) is 22.8 Å². The summed E-state index contributed by atoms with van der Waals surface area (Å²) in [6.45, 7) is 1.26. The maximum absolute atomic E-state index is 12.4. The average Bonchev–Trinajstić information content (AvgIpc) is 2.65. The molecule has 128 valence electrons. The number of nitriles is 1. The van der Waals surface area contributed by atoms with Gasteiger partial charge >= 0.3 is 0 Å². The second-order valence-electron chi connectivity index (χ2n) is 5.70. The van der Waals surface area contributed by atoms with Crippen molar-refractivity contribution in [2.24, 2.45) is 0 Å². The van der Waals surface area contributed by atoms with Gasteiger partial charge in [0.1, 0.15) is 6.54 Å². The van der Waals surface area contributed by atoms with Crippen molar-refractivity contribution < 1.29 is 9.59 Å². The number of rotatable bonds is 4. The Labute approximate surface area is 150 Å². The summed E-state index contributed by atoms with van der Waals surface area (Å²) >= 11 is 0. The molecule has 2 aromatic carbocycles. The molecule has 3 rings (SSSR count). The first-order valence-electron chi connectivity index (χ1n) is 8.00. The Balaban J connectivity index is 1.85. The van der Waals surface area contributed by atoms with Gasteiger partial charge in [0, 0.05) is 24.2 Å². The molecule has 0 aliphatic heterocycles. The highest BCUT2D eigenvalue weighted by atomic mass is 16.2. The fraction of sp³-hybridized carbons (Fsp3) is 0.100. The molecule has 1 aromatic heterocycles. The molecule has 0 aliphatic rings. The van der Waals surface area contributed by atoms with Gasteiger partial charge in [0.2, 0.25) is 11.8 Å². The molecular formula is C20H16N4O2. The molecule has 0 saturated carbocycles. The summed E-state index contributed by atoms with van der Waals surface area (Å²) in [5.41, 5.74) is 2.19. The first kappa shape index (κ1) is 17.1. The first-order chi connectivity index (χ1) is 12.6. The van der Waals surface area contributed by atoms with E-state index in [9.17, 15) is 9.59 Å². The summed E-state index contributed by atoms with van der Waals surface area (Å²) in [5.74, 6) is -0.618. The van der Waals surface area contributed by atoms with Crippen molar-refractivity contribution in [3.8, 4) is 6.07 Å². The smallest absolute Gasteiger partial charge is 0.244 e. The largest absolute Gasteiger partial charge is 0.324 e. The minimum atomic E-state index is -0.358. The van der Waals surface area contributed by atoms with Crippen LogP contribution in [-0.2, 0) is 9.59 Å². The zero-order valence-corrected chi connectivity index (χ0v) is 14.1. The Morgan fingerprint density at radius 2 is 1.92 bits per heavy atom. The van der Waals surface area contributed by atoms with Crippen LogP contribution in [0.5, 0.6) is 0 Å². The van der Waals surface area contributed by atoms with Crippen molar-refractivity contribution in [3.63, 3.8) is 0 Å². The molecule has 1 N–H and O–H groups in total. The number of anilines is 2. The summed E-state index contributed by atoms with van der Waals surface area (Å²) in [7, 11) is 0. The molecule has 3 aromatic rings. The molecule has 6 heteroatoms. The highest BCUT2D eigenvalue weighted by Crippen LogP contribution is 2.25. The number of fused-ring (bicyclic) bond motifs is 1. The van der Waals surface area contributed by atoms with E-state index in [1.807, 2.05) is 30.3 Å². The molecule has 0 fully saturated rings. The Hall–Kier alpha value is -3.72. The molecular weight excluding hydrogens is 328 g/mol. The van der Waals surface area contributed by atoms with E-state index in [-0.39, 0.29) is 18.4 Å². The topological polar surface area (TPSA) is 86.1 Å². The van der Waals surface area contributed by atoms with E-state index in [0.29, 0.717) is 22.5 Å². The lowest BCUT2D eigenvalue weighted by atomic mass is 10.1. The molecule has 0 unspecified atom stereocenters. The second-order valence-corrected chi connectivity index (χ2v) is 5.70. The van der Waals surface area contributed by atoms with E-state index in [2.05, 4.69) is 10.3 Å². The average molecular weight is 344 g/mol. The second kappa shape index (κ2) is 7.45. The third kappa shape index (κ3) is 3.68. The van der Waals surface area contributed by atoms with Crippen molar-refractivity contribution in [1.29, 1.82) is 5.26 Å². The van der Waals surface area contributed by atoms with Crippen LogP contribution in [-0.4, -0.2) is 23.3 Å². The van der Waals surface area contributed by atoms with E-state index in [0.717, 1.165) is 5.39 Å². The van der Waals surface area contributed by atoms with Crippen LogP contribution in [0.2, 0.25) is 0 Å². The van der Waals surface area contributed by atoms with Gasteiger partial charge < -0.3 is 10.2 Å². The summed E-state index contributed by atoms with van der Waals surface area (Å²) in [6, 6.07) is 17.8. The SMILES string of the molecule is CC(=O)N(CC(=O)Nc1cccc(C#N)c1)c1cccc2cccnc12. The van der Waals surface area contributed by atoms with E-state index in [1.54, 1.807) is 36.5 Å². The number of para-hydroxylation sites is 1. The van der Waals surface area contributed by atoms with Crippen LogP contribution in [0.15, 0.2) is 60.8 Å². The normalized spacial score (nSPS) is 10.2. The molecule has 26 heavy (non-hydrogen) atoms. The maximum atomic E-state index is 12.4. The van der Waals surface area contributed by atoms with Crippen LogP contribution in [0.1, 0.15) is 12.5 Å². The number of carbonyl (C=O) groups excluding carboxylic acids is 2. The Kier molecular flexibility index (Phi) is 4.90. The van der Waals surface area contributed by atoms with Gasteiger partial charge in [0.15, 0.2) is 0 Å². The predicted octanol–water partition coefficient (Wildman–Crippen LogP) is 3.10. The van der Waals surface area contributed by atoms with Crippen LogP contribution in [0.3, 0.4) is 0 Å². The van der Waals surface area contributed by atoms with Crippen molar-refractivity contribution in [1.82, 2.24) is 4.98 Å². The van der Waals surface area contributed by atoms with Crippen molar-refractivity contribution in [2.75, 3.05) is 16.8 Å². The zero-order chi connectivity index (χ0) is 18.5. The Morgan fingerprint density at radius 3 is 2.69 bits per heavy atom. The van der Waals surface area contributed by atoms with Crippen molar-refractivity contribution in [2.45, 2.75) is 6.92 Å². The van der Waals surface area contributed by atoms with Crippen molar-refractivity contribution >= 4 is 34.1 Å². The van der Waals surface area contributed by atoms with E-state index >= 15 is 0 Å². The fourth-order valence-electron chi connectivity index (χ4n) is 2.68. The Morgan fingerprint density at radius 1 is 1.15 bits per heavy atom. The number of aromatic nitrogens is 1. The van der Waals surface area contributed by atoms with Gasteiger partial charge in [-0.25, -0.2) is 0 Å². The van der Waals surface area contributed by atoms with Crippen LogP contribution in [0.4, 0.5) is 11.4 Å². The number of carbonyl (C=O) groups is 2. The number of benzene rings is 2. The minimum Gasteiger partial charge on any atom is -0.324 e. The maximum Gasteiger partial charge on any atom is 0.244 e. The van der Waals surface area contributed by atoms with E-state index in [1.165, 1.54) is 11.8 Å². The minimum absolute atomic E-state index is 0.151. The zero-order valence-electron chi connectivity index (χ0n) is 14.1. The standard InChI is InChI=1S/C20H16N4O2/c1-14(25)24(18-9-3-6-16-7-4-10-22-20(16)18)13-19(26)23-17-8-2-5-15(11-17)12-21/h2-11H,13H2,1H3,(H,23,26). The lowest BCUT2D eigenvalue weighted by Crippen LogP contribution is -2.36. The van der Waals surface area contributed by atoms with Crippen LogP contribution in [0, 0.1) is 11.3 Å². The molecule has 0 spiro atoms. The summed E-state index contributed by atoms with van der Waals surface area (Å²) in [5, 5.41) is 12.5. The number of nitrogens with one attached hydrogen (secondary N) is 1. The lowest BCUT2D eigenvalue weighted by Gasteiger charge is -2.21. The van der Waals surface area contributed by atoms with Gasteiger partial charge in [-0.3, -0.25) is 14.6 Å². The van der Waals surface area contributed by atoms with Crippen LogP contribution >= 0.6 is 0 Å². The highest BCUT2D eigenvalue weighted by molar-refractivity contribution is 6.06. The fourth-order valence-corrected chi connectivity index (χ4v) is 2.68. The number of hydrogen-bond donors (Lipinski definition) is 1. The van der Waals surface area contributed by atoms with Gasteiger partial charge in [-0.1, -0.05) is 24.3 Å².